The zero-order chi connectivity index (χ0) is 11.0. The third-order valence-electron chi connectivity index (χ3n) is 2.22. The van der Waals surface area contributed by atoms with Gasteiger partial charge in [-0.25, -0.2) is 0 Å². The van der Waals surface area contributed by atoms with E-state index in [1.54, 1.807) is 0 Å². The normalized spacial score (nSPS) is 24.6. The third kappa shape index (κ3) is 2.15. The van der Waals surface area contributed by atoms with Gasteiger partial charge in [0.05, 0.1) is 4.83 Å². The number of hydrogen-bond donors (Lipinski definition) is 0. The predicted molar refractivity (Wildman–Crippen MR) is 69.1 cm³/mol. The first-order valence-corrected chi connectivity index (χ1v) is 7.27. The lowest BCUT2D eigenvalue weighted by Gasteiger charge is -2.24. The number of carbonyl (C=O) groups is 1. The summed E-state index contributed by atoms with van der Waals surface area (Å²) in [6, 6.07) is 5.80. The van der Waals surface area contributed by atoms with Crippen molar-refractivity contribution in [1.29, 1.82) is 0 Å². The average Bonchev–Trinajstić information content (AvgIpc) is 2.26. The predicted octanol–water partition coefficient (Wildman–Crippen LogP) is 3.70. The summed E-state index contributed by atoms with van der Waals surface area (Å²) in [7, 11) is 0. The second kappa shape index (κ2) is 4.55. The minimum atomic E-state index is -0.324. The van der Waals surface area contributed by atoms with Crippen LogP contribution in [0, 0.1) is 0 Å². The molecular formula is C10H7Br3O2. The number of fused-ring (bicyclic) bond motifs is 1. The maximum Gasteiger partial charge on any atom is 0.326 e. The molecule has 0 spiro atoms. The van der Waals surface area contributed by atoms with Gasteiger partial charge in [0.15, 0.2) is 0 Å². The highest BCUT2D eigenvalue weighted by molar-refractivity contribution is 9.12. The van der Waals surface area contributed by atoms with Crippen LogP contribution in [0.15, 0.2) is 18.2 Å². The highest BCUT2D eigenvalue weighted by Gasteiger charge is 2.34. The third-order valence-corrected chi connectivity index (χ3v) is 5.50. The van der Waals surface area contributed by atoms with Gasteiger partial charge in [0.25, 0.3) is 0 Å². The second-order valence-electron chi connectivity index (χ2n) is 3.23. The van der Waals surface area contributed by atoms with Crippen LogP contribution in [-0.2, 0) is 10.1 Å². The first-order chi connectivity index (χ1) is 7.13. The Morgan fingerprint density at radius 2 is 2.00 bits per heavy atom. The molecule has 2 atom stereocenters. The first kappa shape index (κ1) is 11.6. The van der Waals surface area contributed by atoms with Gasteiger partial charge in [-0.2, -0.15) is 0 Å². The molecule has 0 aromatic heterocycles. The largest absolute Gasteiger partial charge is 0.425 e. The standard InChI is InChI=1S/C10H7Br3O2/c11-4-5-1-2-7-6(3-5)8(12)9(13)10(14)15-7/h1-3,8-9H,4H2/t8-,9+/m1/s1. The van der Waals surface area contributed by atoms with E-state index >= 15 is 0 Å². The summed E-state index contributed by atoms with van der Waals surface area (Å²) in [5.41, 5.74) is 2.17. The van der Waals surface area contributed by atoms with Gasteiger partial charge in [-0.1, -0.05) is 59.9 Å². The lowest BCUT2D eigenvalue weighted by molar-refractivity contribution is -0.134. The lowest BCUT2D eigenvalue weighted by Crippen LogP contribution is -2.29. The van der Waals surface area contributed by atoms with Crippen LogP contribution in [0.25, 0.3) is 0 Å². The highest BCUT2D eigenvalue weighted by Crippen LogP contribution is 2.41. The Labute approximate surface area is 113 Å². The van der Waals surface area contributed by atoms with Crippen LogP contribution in [0.5, 0.6) is 5.75 Å². The fourth-order valence-corrected chi connectivity index (χ4v) is 2.73. The van der Waals surface area contributed by atoms with Crippen LogP contribution >= 0.6 is 47.8 Å². The molecule has 0 radical (unpaired) electrons. The summed E-state index contributed by atoms with van der Waals surface area (Å²) in [6.45, 7) is 0. The van der Waals surface area contributed by atoms with Crippen molar-refractivity contribution in [2.24, 2.45) is 0 Å². The quantitative estimate of drug-likeness (QED) is 0.409. The van der Waals surface area contributed by atoms with Crippen molar-refractivity contribution in [2.75, 3.05) is 0 Å². The molecule has 1 heterocycles. The first-order valence-electron chi connectivity index (χ1n) is 4.32. The van der Waals surface area contributed by atoms with E-state index in [9.17, 15) is 4.79 Å². The van der Waals surface area contributed by atoms with Crippen LogP contribution in [-0.4, -0.2) is 10.8 Å². The Hall–Kier alpha value is 0.130. The van der Waals surface area contributed by atoms with E-state index in [-0.39, 0.29) is 15.6 Å². The van der Waals surface area contributed by atoms with Gasteiger partial charge >= 0.3 is 5.97 Å². The molecule has 0 aliphatic carbocycles. The SMILES string of the molecule is O=C1Oc2ccc(CBr)cc2[C@@H](Br)[C@@H]1Br. The Kier molecular flexibility index (Phi) is 3.52. The molecule has 0 saturated carbocycles. The molecule has 1 aliphatic heterocycles. The molecule has 0 saturated heterocycles. The zero-order valence-electron chi connectivity index (χ0n) is 7.54. The Bertz CT molecular complexity index is 406. The zero-order valence-corrected chi connectivity index (χ0v) is 12.3. The molecular weight excluding hydrogens is 392 g/mol. The van der Waals surface area contributed by atoms with Gasteiger partial charge in [-0.3, -0.25) is 4.79 Å². The molecule has 0 unspecified atom stereocenters. The van der Waals surface area contributed by atoms with Crippen LogP contribution in [0.1, 0.15) is 16.0 Å². The molecule has 0 N–H and O–H groups in total. The molecule has 5 heteroatoms. The number of halogens is 3. The molecule has 0 amide bonds. The summed E-state index contributed by atoms with van der Waals surface area (Å²) in [5.74, 6) is 0.387. The smallest absolute Gasteiger partial charge is 0.326 e. The van der Waals surface area contributed by atoms with Gasteiger partial charge in [-0.05, 0) is 11.6 Å². The van der Waals surface area contributed by atoms with E-state index in [1.165, 1.54) is 0 Å². The topological polar surface area (TPSA) is 26.3 Å². The van der Waals surface area contributed by atoms with Gasteiger partial charge in [0, 0.05) is 10.9 Å². The fourth-order valence-electron chi connectivity index (χ4n) is 1.43. The van der Waals surface area contributed by atoms with Gasteiger partial charge < -0.3 is 4.74 Å². The van der Waals surface area contributed by atoms with E-state index in [1.807, 2.05) is 18.2 Å². The van der Waals surface area contributed by atoms with E-state index in [2.05, 4.69) is 47.8 Å². The van der Waals surface area contributed by atoms with Crippen molar-refractivity contribution < 1.29 is 9.53 Å². The molecule has 0 fully saturated rings. The summed E-state index contributed by atoms with van der Waals surface area (Å²) in [6.07, 6.45) is 0. The Morgan fingerprint density at radius 3 is 2.67 bits per heavy atom. The van der Waals surface area contributed by atoms with Crippen molar-refractivity contribution >= 4 is 53.8 Å². The van der Waals surface area contributed by atoms with Crippen LogP contribution in [0.2, 0.25) is 0 Å². The number of esters is 1. The van der Waals surface area contributed by atoms with Crippen LogP contribution in [0.3, 0.4) is 0 Å². The summed E-state index contributed by atoms with van der Waals surface area (Å²) >= 11 is 10.2. The highest BCUT2D eigenvalue weighted by atomic mass is 79.9. The number of carbonyl (C=O) groups excluding carboxylic acids is 1. The molecule has 1 aromatic rings. The van der Waals surface area contributed by atoms with Crippen LogP contribution in [0.4, 0.5) is 0 Å². The number of ether oxygens (including phenoxy) is 1. The van der Waals surface area contributed by atoms with Gasteiger partial charge in [0.1, 0.15) is 10.6 Å². The monoisotopic (exact) mass is 396 g/mol. The molecule has 1 aliphatic rings. The maximum atomic E-state index is 11.4. The Balaban J connectivity index is 2.46. The van der Waals surface area contributed by atoms with Crippen molar-refractivity contribution in [3.8, 4) is 5.75 Å². The Morgan fingerprint density at radius 1 is 1.27 bits per heavy atom. The lowest BCUT2D eigenvalue weighted by atomic mass is 10.0. The maximum absolute atomic E-state index is 11.4. The van der Waals surface area contributed by atoms with Crippen molar-refractivity contribution in [1.82, 2.24) is 0 Å². The number of hydrogen-bond acceptors (Lipinski definition) is 2. The average molecular weight is 399 g/mol. The van der Waals surface area contributed by atoms with Crippen molar-refractivity contribution in [3.05, 3.63) is 29.3 Å². The van der Waals surface area contributed by atoms with E-state index < -0.39 is 0 Å². The van der Waals surface area contributed by atoms with E-state index in [0.29, 0.717) is 5.75 Å². The molecule has 2 rings (SSSR count). The van der Waals surface area contributed by atoms with Gasteiger partial charge in [-0.15, -0.1) is 0 Å². The molecule has 1 aromatic carbocycles. The number of rotatable bonds is 1. The number of alkyl halides is 3. The molecule has 80 valence electrons. The summed E-state index contributed by atoms with van der Waals surface area (Å²) < 4.78 is 5.18. The minimum absolute atomic E-state index is 0.0345. The molecule has 15 heavy (non-hydrogen) atoms. The van der Waals surface area contributed by atoms with Crippen LogP contribution < -0.4 is 4.74 Å². The molecule has 2 nitrogen and oxygen atoms in total. The van der Waals surface area contributed by atoms with Crippen molar-refractivity contribution in [3.63, 3.8) is 0 Å². The van der Waals surface area contributed by atoms with E-state index in [0.717, 1.165) is 16.5 Å². The van der Waals surface area contributed by atoms with Crippen molar-refractivity contribution in [2.45, 2.75) is 15.0 Å². The summed E-state index contributed by atoms with van der Waals surface area (Å²) in [4.78, 5) is 11.1. The second-order valence-corrected chi connectivity index (χ2v) is 5.76. The molecule has 0 bridgehead atoms. The fraction of sp³-hybridized carbons (Fsp3) is 0.300. The minimum Gasteiger partial charge on any atom is -0.425 e. The van der Waals surface area contributed by atoms with Gasteiger partial charge in [0.2, 0.25) is 0 Å². The van der Waals surface area contributed by atoms with E-state index in [4.69, 9.17) is 4.74 Å². The number of benzene rings is 1. The summed E-state index contributed by atoms with van der Waals surface area (Å²) in [5, 5.41) is 0.793.